The minimum atomic E-state index is 0.334. The maximum atomic E-state index is 4.54. The number of amidine groups is 1. The highest BCUT2D eigenvalue weighted by Crippen LogP contribution is 2.26. The summed E-state index contributed by atoms with van der Waals surface area (Å²) in [4.78, 5) is 8.80. The predicted octanol–water partition coefficient (Wildman–Crippen LogP) is 2.30. The van der Waals surface area contributed by atoms with Crippen molar-refractivity contribution >= 4 is 16.9 Å². The summed E-state index contributed by atoms with van der Waals surface area (Å²) < 4.78 is 0. The normalized spacial score (nSPS) is 19.0. The van der Waals surface area contributed by atoms with E-state index in [1.54, 1.807) is 11.8 Å². The SMILES string of the molecule is CC1(C)CN=C(NCc2ccccn2)SC1. The molecule has 16 heavy (non-hydrogen) atoms. The molecule has 0 atom stereocenters. The smallest absolute Gasteiger partial charge is 0.156 e. The van der Waals surface area contributed by atoms with Crippen LogP contribution in [0.15, 0.2) is 29.4 Å². The Hall–Kier alpha value is -1.03. The molecule has 0 spiro atoms. The van der Waals surface area contributed by atoms with E-state index in [2.05, 4.69) is 29.1 Å². The zero-order valence-corrected chi connectivity index (χ0v) is 10.5. The number of nitrogens with one attached hydrogen (secondary N) is 1. The molecule has 0 aromatic carbocycles. The van der Waals surface area contributed by atoms with E-state index in [0.29, 0.717) is 5.41 Å². The average molecular weight is 235 g/mol. The van der Waals surface area contributed by atoms with Gasteiger partial charge in [0.05, 0.1) is 12.2 Å². The van der Waals surface area contributed by atoms with Crippen molar-refractivity contribution in [2.75, 3.05) is 12.3 Å². The van der Waals surface area contributed by atoms with Crippen LogP contribution in [0.4, 0.5) is 0 Å². The molecule has 3 nitrogen and oxygen atoms in total. The van der Waals surface area contributed by atoms with Crippen molar-refractivity contribution in [3.8, 4) is 0 Å². The quantitative estimate of drug-likeness (QED) is 0.854. The van der Waals surface area contributed by atoms with E-state index in [4.69, 9.17) is 0 Å². The molecule has 0 saturated carbocycles. The Morgan fingerprint density at radius 2 is 2.31 bits per heavy atom. The fourth-order valence-corrected chi connectivity index (χ4v) is 2.37. The largest absolute Gasteiger partial charge is 0.359 e. The highest BCUT2D eigenvalue weighted by atomic mass is 32.2. The Kier molecular flexibility index (Phi) is 3.49. The Labute approximate surface area is 101 Å². The monoisotopic (exact) mass is 235 g/mol. The first-order valence-corrected chi connectivity index (χ1v) is 6.45. The van der Waals surface area contributed by atoms with Gasteiger partial charge in [-0.25, -0.2) is 0 Å². The van der Waals surface area contributed by atoms with Gasteiger partial charge < -0.3 is 5.32 Å². The average Bonchev–Trinajstić information content (AvgIpc) is 2.29. The third-order valence-corrected chi connectivity index (χ3v) is 3.87. The van der Waals surface area contributed by atoms with Crippen molar-refractivity contribution < 1.29 is 0 Å². The maximum absolute atomic E-state index is 4.54. The van der Waals surface area contributed by atoms with E-state index >= 15 is 0 Å². The van der Waals surface area contributed by atoms with Gasteiger partial charge in [-0.15, -0.1) is 0 Å². The molecule has 0 bridgehead atoms. The van der Waals surface area contributed by atoms with Gasteiger partial charge in [-0.1, -0.05) is 31.7 Å². The van der Waals surface area contributed by atoms with Crippen LogP contribution in [0.5, 0.6) is 0 Å². The summed E-state index contributed by atoms with van der Waals surface area (Å²) >= 11 is 1.80. The van der Waals surface area contributed by atoms with Gasteiger partial charge in [0.1, 0.15) is 0 Å². The molecule has 1 N–H and O–H groups in total. The highest BCUT2D eigenvalue weighted by molar-refractivity contribution is 8.13. The third-order valence-electron chi connectivity index (χ3n) is 2.40. The molecule has 0 fully saturated rings. The molecule has 1 aliphatic rings. The lowest BCUT2D eigenvalue weighted by Gasteiger charge is -2.27. The van der Waals surface area contributed by atoms with Crippen LogP contribution in [-0.4, -0.2) is 22.4 Å². The zero-order chi connectivity index (χ0) is 11.4. The minimum absolute atomic E-state index is 0.334. The van der Waals surface area contributed by atoms with Gasteiger partial charge in [-0.2, -0.15) is 0 Å². The van der Waals surface area contributed by atoms with Gasteiger partial charge in [0.25, 0.3) is 0 Å². The third kappa shape index (κ3) is 3.23. The molecule has 1 aromatic rings. The molecule has 1 aliphatic heterocycles. The summed E-state index contributed by atoms with van der Waals surface area (Å²) in [7, 11) is 0. The van der Waals surface area contributed by atoms with Gasteiger partial charge >= 0.3 is 0 Å². The standard InChI is InChI=1S/C12H17N3S/c1-12(2)8-15-11(16-9-12)14-7-10-5-3-4-6-13-10/h3-6H,7-9H2,1-2H3,(H,14,15). The summed E-state index contributed by atoms with van der Waals surface area (Å²) in [6.07, 6.45) is 1.82. The topological polar surface area (TPSA) is 37.3 Å². The molecular weight excluding hydrogens is 218 g/mol. The first-order chi connectivity index (χ1) is 7.66. The maximum Gasteiger partial charge on any atom is 0.156 e. The number of rotatable bonds is 2. The summed E-state index contributed by atoms with van der Waals surface area (Å²) in [5.74, 6) is 1.13. The molecule has 2 heterocycles. The lowest BCUT2D eigenvalue weighted by molar-refractivity contribution is 0.436. The predicted molar refractivity (Wildman–Crippen MR) is 69.6 cm³/mol. The Morgan fingerprint density at radius 3 is 2.94 bits per heavy atom. The fourth-order valence-electron chi connectivity index (χ4n) is 1.42. The zero-order valence-electron chi connectivity index (χ0n) is 9.73. The lowest BCUT2D eigenvalue weighted by Crippen LogP contribution is -2.31. The minimum Gasteiger partial charge on any atom is -0.359 e. The number of aromatic nitrogens is 1. The molecule has 4 heteroatoms. The number of hydrogen-bond donors (Lipinski definition) is 1. The van der Waals surface area contributed by atoms with Crippen molar-refractivity contribution in [3.05, 3.63) is 30.1 Å². The van der Waals surface area contributed by atoms with E-state index in [0.717, 1.165) is 29.7 Å². The lowest BCUT2D eigenvalue weighted by atomic mass is 9.97. The second-order valence-corrected chi connectivity index (χ2v) is 5.71. The van der Waals surface area contributed by atoms with Gasteiger partial charge in [0.15, 0.2) is 5.17 Å². The Morgan fingerprint density at radius 1 is 1.44 bits per heavy atom. The van der Waals surface area contributed by atoms with Crippen LogP contribution in [0, 0.1) is 5.41 Å². The van der Waals surface area contributed by atoms with Crippen LogP contribution in [-0.2, 0) is 6.54 Å². The number of pyridine rings is 1. The fraction of sp³-hybridized carbons (Fsp3) is 0.500. The van der Waals surface area contributed by atoms with Crippen LogP contribution >= 0.6 is 11.8 Å². The first kappa shape index (κ1) is 11.5. The van der Waals surface area contributed by atoms with Crippen molar-refractivity contribution in [1.82, 2.24) is 10.3 Å². The van der Waals surface area contributed by atoms with E-state index in [1.165, 1.54) is 0 Å². The van der Waals surface area contributed by atoms with Crippen molar-refractivity contribution in [3.63, 3.8) is 0 Å². The summed E-state index contributed by atoms with van der Waals surface area (Å²) in [5.41, 5.74) is 1.39. The van der Waals surface area contributed by atoms with Crippen LogP contribution in [0.25, 0.3) is 0 Å². The number of hydrogen-bond acceptors (Lipinski definition) is 4. The molecule has 0 saturated heterocycles. The van der Waals surface area contributed by atoms with Gasteiger partial charge in [0, 0.05) is 18.5 Å². The Balaban J connectivity index is 1.86. The van der Waals surface area contributed by atoms with E-state index in [9.17, 15) is 0 Å². The molecule has 86 valence electrons. The molecule has 2 rings (SSSR count). The van der Waals surface area contributed by atoms with Crippen molar-refractivity contribution in [2.24, 2.45) is 10.4 Å². The molecule has 0 unspecified atom stereocenters. The molecule has 0 radical (unpaired) electrons. The second-order valence-electron chi connectivity index (χ2n) is 4.75. The summed E-state index contributed by atoms with van der Waals surface area (Å²) in [5, 5.41) is 4.37. The summed E-state index contributed by atoms with van der Waals surface area (Å²) in [6, 6.07) is 5.95. The van der Waals surface area contributed by atoms with Crippen molar-refractivity contribution in [2.45, 2.75) is 20.4 Å². The highest BCUT2D eigenvalue weighted by Gasteiger charge is 2.23. The van der Waals surface area contributed by atoms with Crippen LogP contribution in [0.3, 0.4) is 0 Å². The number of aliphatic imine (C=N–C) groups is 1. The number of nitrogens with zero attached hydrogens (tertiary/aromatic N) is 2. The van der Waals surface area contributed by atoms with Gasteiger partial charge in [0.2, 0.25) is 0 Å². The first-order valence-electron chi connectivity index (χ1n) is 5.47. The molecular formula is C12H17N3S. The van der Waals surface area contributed by atoms with Crippen LogP contribution < -0.4 is 5.32 Å². The van der Waals surface area contributed by atoms with Crippen molar-refractivity contribution in [1.29, 1.82) is 0 Å². The molecule has 1 aromatic heterocycles. The Bertz CT molecular complexity index is 373. The van der Waals surface area contributed by atoms with Gasteiger partial charge in [-0.05, 0) is 17.5 Å². The van der Waals surface area contributed by atoms with E-state index in [-0.39, 0.29) is 0 Å². The number of thioether (sulfide) groups is 1. The molecule has 0 amide bonds. The van der Waals surface area contributed by atoms with E-state index in [1.807, 2.05) is 24.4 Å². The van der Waals surface area contributed by atoms with E-state index < -0.39 is 0 Å². The second kappa shape index (κ2) is 4.87. The van der Waals surface area contributed by atoms with Crippen LogP contribution in [0.2, 0.25) is 0 Å². The van der Waals surface area contributed by atoms with Gasteiger partial charge in [-0.3, -0.25) is 9.98 Å². The molecule has 0 aliphatic carbocycles. The van der Waals surface area contributed by atoms with Crippen LogP contribution in [0.1, 0.15) is 19.5 Å². The summed E-state index contributed by atoms with van der Waals surface area (Å²) in [6.45, 7) is 6.16.